The number of rotatable bonds is 7. The van der Waals surface area contributed by atoms with E-state index in [0.717, 1.165) is 35.2 Å². The lowest BCUT2D eigenvalue weighted by molar-refractivity contribution is -0.120. The molecule has 10 heteroatoms. The largest absolute Gasteiger partial charge is 0.370 e. The highest BCUT2D eigenvalue weighted by Gasteiger charge is 2.31. The number of hydrogen-bond donors (Lipinski definition) is 3. The highest BCUT2D eigenvalue weighted by molar-refractivity contribution is 7.89. The van der Waals surface area contributed by atoms with Gasteiger partial charge in [-0.15, -0.1) is 11.3 Å². The SMILES string of the molecule is C[C@@H](NS(=O)(=O)c1ccc2ccccc2c1)C(=O)N(CC1CCCN(C(=N)N)C1)c1cccs1. The lowest BCUT2D eigenvalue weighted by Gasteiger charge is -2.36. The van der Waals surface area contributed by atoms with Crippen LogP contribution < -0.4 is 15.4 Å². The number of nitrogens with two attached hydrogens (primary N) is 1. The van der Waals surface area contributed by atoms with Gasteiger partial charge in [0.2, 0.25) is 15.9 Å². The van der Waals surface area contributed by atoms with E-state index in [2.05, 4.69) is 4.72 Å². The van der Waals surface area contributed by atoms with E-state index in [-0.39, 0.29) is 22.7 Å². The van der Waals surface area contributed by atoms with Crippen LogP contribution in [0, 0.1) is 11.3 Å². The fourth-order valence-corrected chi connectivity index (χ4v) is 6.30. The first-order chi connectivity index (χ1) is 16.2. The summed E-state index contributed by atoms with van der Waals surface area (Å²) in [6, 6.07) is 15.2. The predicted molar refractivity (Wildman–Crippen MR) is 137 cm³/mol. The van der Waals surface area contributed by atoms with Crippen LogP contribution in [0.15, 0.2) is 64.9 Å². The van der Waals surface area contributed by atoms with E-state index in [0.29, 0.717) is 13.1 Å². The van der Waals surface area contributed by atoms with Gasteiger partial charge in [0.1, 0.15) is 0 Å². The average molecular weight is 500 g/mol. The van der Waals surface area contributed by atoms with Crippen LogP contribution in [0.5, 0.6) is 0 Å². The zero-order chi connectivity index (χ0) is 24.3. The van der Waals surface area contributed by atoms with Crippen molar-refractivity contribution in [2.75, 3.05) is 24.5 Å². The van der Waals surface area contributed by atoms with Crippen molar-refractivity contribution in [1.82, 2.24) is 9.62 Å². The minimum Gasteiger partial charge on any atom is -0.370 e. The Balaban J connectivity index is 1.52. The topological polar surface area (TPSA) is 120 Å². The number of benzene rings is 2. The van der Waals surface area contributed by atoms with Crippen LogP contribution in [-0.4, -0.2) is 50.9 Å². The van der Waals surface area contributed by atoms with Crippen LogP contribution in [-0.2, 0) is 14.8 Å². The summed E-state index contributed by atoms with van der Waals surface area (Å²) in [6.07, 6.45) is 1.80. The maximum Gasteiger partial charge on any atom is 0.245 e. The van der Waals surface area contributed by atoms with Crippen molar-refractivity contribution in [3.05, 3.63) is 60.0 Å². The predicted octanol–water partition coefficient (Wildman–Crippen LogP) is 3.21. The van der Waals surface area contributed by atoms with Crippen LogP contribution >= 0.6 is 11.3 Å². The molecule has 1 amide bonds. The Hall–Kier alpha value is -2.95. The number of hydrogen-bond acceptors (Lipinski definition) is 5. The number of amides is 1. The Kier molecular flexibility index (Phi) is 7.20. The number of guanidine groups is 1. The molecular formula is C24H29N5O3S2. The highest BCUT2D eigenvalue weighted by Crippen LogP contribution is 2.26. The molecular weight excluding hydrogens is 470 g/mol. The molecule has 1 unspecified atom stereocenters. The van der Waals surface area contributed by atoms with Gasteiger partial charge in [-0.2, -0.15) is 4.72 Å². The second kappa shape index (κ2) is 10.1. The van der Waals surface area contributed by atoms with Gasteiger partial charge in [0, 0.05) is 19.6 Å². The molecule has 8 nitrogen and oxygen atoms in total. The molecule has 1 aliphatic heterocycles. The number of nitrogens with zero attached hydrogens (tertiary/aromatic N) is 2. The number of sulfonamides is 1. The molecule has 1 fully saturated rings. The maximum absolute atomic E-state index is 13.5. The Morgan fingerprint density at radius 1 is 1.24 bits per heavy atom. The fraction of sp³-hybridized carbons (Fsp3) is 0.333. The summed E-state index contributed by atoms with van der Waals surface area (Å²) >= 11 is 1.44. The summed E-state index contributed by atoms with van der Waals surface area (Å²) in [7, 11) is -3.90. The van der Waals surface area contributed by atoms with E-state index in [1.165, 1.54) is 11.3 Å². The second-order valence-corrected chi connectivity index (χ2v) is 11.2. The lowest BCUT2D eigenvalue weighted by Crippen LogP contribution is -2.51. The average Bonchev–Trinajstić information content (AvgIpc) is 3.36. The van der Waals surface area contributed by atoms with Crippen LogP contribution in [0.25, 0.3) is 10.8 Å². The molecule has 2 atom stereocenters. The number of likely N-dealkylation sites (tertiary alicyclic amines) is 1. The standard InChI is InChI=1S/C24H29N5O3S2/c1-17(27-34(31,32)21-11-10-19-7-2-3-8-20(19)14-21)23(30)29(22-9-5-13-33-22)16-18-6-4-12-28(15-18)24(25)26/h2-3,5,7-11,13-14,17-18,27H,4,6,12,15-16H2,1H3,(H3,25,26)/t17-,18?/m1/s1. The van der Waals surface area contributed by atoms with E-state index < -0.39 is 16.1 Å². The van der Waals surface area contributed by atoms with Gasteiger partial charge in [-0.3, -0.25) is 10.2 Å². The first kappa shape index (κ1) is 24.2. The molecule has 2 aromatic carbocycles. The molecule has 1 aliphatic rings. The van der Waals surface area contributed by atoms with Crippen molar-refractivity contribution in [2.45, 2.75) is 30.7 Å². The third kappa shape index (κ3) is 5.40. The molecule has 0 spiro atoms. The van der Waals surface area contributed by atoms with Gasteiger partial charge >= 0.3 is 0 Å². The lowest BCUT2D eigenvalue weighted by atomic mass is 9.97. The summed E-state index contributed by atoms with van der Waals surface area (Å²) < 4.78 is 28.7. The first-order valence-electron chi connectivity index (χ1n) is 11.2. The third-order valence-corrected chi connectivity index (χ3v) is 8.50. The van der Waals surface area contributed by atoms with Crippen LogP contribution in [0.2, 0.25) is 0 Å². The van der Waals surface area contributed by atoms with E-state index in [9.17, 15) is 13.2 Å². The van der Waals surface area contributed by atoms with Gasteiger partial charge < -0.3 is 15.5 Å². The number of carbonyl (C=O) groups excluding carboxylic acids is 1. The molecule has 1 saturated heterocycles. The smallest absolute Gasteiger partial charge is 0.245 e. The van der Waals surface area contributed by atoms with Crippen LogP contribution in [0.1, 0.15) is 19.8 Å². The number of anilines is 1. The molecule has 1 aromatic heterocycles. The van der Waals surface area contributed by atoms with E-state index in [4.69, 9.17) is 11.1 Å². The third-order valence-electron chi connectivity index (χ3n) is 6.07. The zero-order valence-electron chi connectivity index (χ0n) is 19.0. The zero-order valence-corrected chi connectivity index (χ0v) is 20.6. The second-order valence-electron chi connectivity index (χ2n) is 8.59. The van der Waals surface area contributed by atoms with Gasteiger partial charge in [-0.1, -0.05) is 30.3 Å². The molecule has 3 aromatic rings. The molecule has 4 N–H and O–H groups in total. The van der Waals surface area contributed by atoms with Crippen LogP contribution in [0.3, 0.4) is 0 Å². The molecule has 2 heterocycles. The molecule has 34 heavy (non-hydrogen) atoms. The molecule has 180 valence electrons. The Labute approximate surface area is 203 Å². The van der Waals surface area contributed by atoms with Crippen molar-refractivity contribution < 1.29 is 13.2 Å². The summed E-state index contributed by atoms with van der Waals surface area (Å²) in [5.41, 5.74) is 5.68. The van der Waals surface area contributed by atoms with Crippen LogP contribution in [0.4, 0.5) is 5.00 Å². The first-order valence-corrected chi connectivity index (χ1v) is 13.6. The summed E-state index contributed by atoms with van der Waals surface area (Å²) in [5.74, 6) is -0.144. The number of piperidine rings is 1. The number of nitrogens with one attached hydrogen (secondary N) is 2. The summed E-state index contributed by atoms with van der Waals surface area (Å²) in [5, 5.41) is 12.2. The van der Waals surface area contributed by atoms with Gasteiger partial charge in [0.15, 0.2) is 5.96 Å². The van der Waals surface area contributed by atoms with Gasteiger partial charge in [-0.05, 0) is 66.1 Å². The van der Waals surface area contributed by atoms with Crippen molar-refractivity contribution in [1.29, 1.82) is 5.41 Å². The molecule has 4 rings (SSSR count). The number of thiophene rings is 1. The summed E-state index contributed by atoms with van der Waals surface area (Å²) in [4.78, 5) is 17.1. The minimum atomic E-state index is -3.90. The van der Waals surface area contributed by atoms with Gasteiger partial charge in [0.25, 0.3) is 0 Å². The van der Waals surface area contributed by atoms with Crippen molar-refractivity contribution in [3.8, 4) is 0 Å². The summed E-state index contributed by atoms with van der Waals surface area (Å²) in [6.45, 7) is 3.35. The Bertz CT molecular complexity index is 1280. The van der Waals surface area contributed by atoms with E-state index in [1.807, 2.05) is 46.7 Å². The quantitative estimate of drug-likeness (QED) is 0.341. The van der Waals surface area contributed by atoms with Crippen molar-refractivity contribution >= 4 is 49.0 Å². The number of carbonyl (C=O) groups is 1. The Morgan fingerprint density at radius 2 is 2.00 bits per heavy atom. The molecule has 0 bridgehead atoms. The monoisotopic (exact) mass is 499 g/mol. The van der Waals surface area contributed by atoms with Gasteiger partial charge in [0.05, 0.1) is 15.9 Å². The molecule has 0 saturated carbocycles. The number of fused-ring (bicyclic) bond motifs is 1. The molecule has 0 aliphatic carbocycles. The highest BCUT2D eigenvalue weighted by atomic mass is 32.2. The Morgan fingerprint density at radius 3 is 2.71 bits per heavy atom. The fourth-order valence-electron chi connectivity index (χ4n) is 4.32. The van der Waals surface area contributed by atoms with Crippen molar-refractivity contribution in [2.24, 2.45) is 11.7 Å². The maximum atomic E-state index is 13.5. The van der Waals surface area contributed by atoms with Crippen molar-refractivity contribution in [3.63, 3.8) is 0 Å². The van der Waals surface area contributed by atoms with Gasteiger partial charge in [-0.25, -0.2) is 8.42 Å². The van der Waals surface area contributed by atoms with E-state index >= 15 is 0 Å². The minimum absolute atomic E-state index is 0.0372. The molecule has 0 radical (unpaired) electrons. The van der Waals surface area contributed by atoms with E-state index in [1.54, 1.807) is 30.0 Å². The normalized spacial score (nSPS) is 17.4.